The average Bonchev–Trinajstić information content (AvgIpc) is 2.84. The molecule has 1 aromatic heterocycles. The Balaban J connectivity index is 1.50. The third-order valence-electron chi connectivity index (χ3n) is 2.85. The van der Waals surface area contributed by atoms with Crippen molar-refractivity contribution in [2.45, 2.75) is 19.6 Å². The Labute approximate surface area is 113 Å². The molecule has 0 spiro atoms. The lowest BCUT2D eigenvalue weighted by molar-refractivity contribution is 0.111. The summed E-state index contributed by atoms with van der Waals surface area (Å²) in [4.78, 5) is 0. The molecule has 2 aromatic rings. The van der Waals surface area contributed by atoms with Crippen LogP contribution in [0.4, 0.5) is 0 Å². The summed E-state index contributed by atoms with van der Waals surface area (Å²) in [5.41, 5.74) is 1.31. The van der Waals surface area contributed by atoms with Gasteiger partial charge >= 0.3 is 0 Å². The highest BCUT2D eigenvalue weighted by molar-refractivity contribution is 5.14. The molecule has 0 saturated carbocycles. The molecule has 0 bridgehead atoms. The van der Waals surface area contributed by atoms with Crippen LogP contribution in [0.2, 0.25) is 0 Å². The van der Waals surface area contributed by atoms with E-state index in [1.165, 1.54) is 5.56 Å². The van der Waals surface area contributed by atoms with E-state index < -0.39 is 0 Å². The first-order chi connectivity index (χ1) is 9.36. The van der Waals surface area contributed by atoms with Gasteiger partial charge in [-0.25, -0.2) is 0 Å². The van der Waals surface area contributed by atoms with Crippen LogP contribution < -0.4 is 5.32 Å². The minimum absolute atomic E-state index is 0.523. The Hall–Kier alpha value is -1.72. The summed E-state index contributed by atoms with van der Waals surface area (Å²) in [6, 6.07) is 10.4. The van der Waals surface area contributed by atoms with Gasteiger partial charge in [-0.05, 0) is 18.5 Å². The van der Waals surface area contributed by atoms with E-state index in [9.17, 15) is 0 Å². The molecule has 0 aliphatic carbocycles. The highest BCUT2D eigenvalue weighted by Crippen LogP contribution is 1.98. The van der Waals surface area contributed by atoms with Gasteiger partial charge in [-0.3, -0.25) is 0 Å². The fourth-order valence-electron chi connectivity index (χ4n) is 1.73. The van der Waals surface area contributed by atoms with E-state index >= 15 is 0 Å². The molecule has 2 rings (SSSR count). The van der Waals surface area contributed by atoms with E-state index in [0.29, 0.717) is 6.61 Å². The number of benzene rings is 1. The van der Waals surface area contributed by atoms with Crippen molar-refractivity contribution < 1.29 is 4.74 Å². The molecule has 1 aromatic carbocycles. The predicted octanol–water partition coefficient (Wildman–Crippen LogP) is 1.51. The number of nitrogens with zero attached hydrogens (tertiary/aromatic N) is 3. The number of nitrogens with one attached hydrogen (secondary N) is 1. The zero-order valence-electron chi connectivity index (χ0n) is 11.2. The summed E-state index contributed by atoms with van der Waals surface area (Å²) < 4.78 is 7.42. The van der Waals surface area contributed by atoms with E-state index in [1.807, 2.05) is 17.7 Å². The van der Waals surface area contributed by atoms with Crippen LogP contribution in [0, 0.1) is 0 Å². The molecule has 102 valence electrons. The van der Waals surface area contributed by atoms with Gasteiger partial charge in [-0.2, -0.15) is 0 Å². The summed E-state index contributed by atoms with van der Waals surface area (Å²) in [6.45, 7) is 3.11. The maximum absolute atomic E-state index is 5.55. The number of rotatable bonds is 8. The highest BCUT2D eigenvalue weighted by Gasteiger charge is 1.99. The largest absolute Gasteiger partial charge is 0.373 e. The van der Waals surface area contributed by atoms with E-state index in [0.717, 1.165) is 31.9 Å². The smallest absolute Gasteiger partial charge is 0.158 e. The van der Waals surface area contributed by atoms with Gasteiger partial charge in [-0.1, -0.05) is 30.3 Å². The van der Waals surface area contributed by atoms with Gasteiger partial charge < -0.3 is 14.6 Å². The van der Waals surface area contributed by atoms with Gasteiger partial charge in [0, 0.05) is 20.2 Å². The zero-order chi connectivity index (χ0) is 13.3. The van der Waals surface area contributed by atoms with Crippen molar-refractivity contribution in [1.82, 2.24) is 20.1 Å². The molecule has 0 aliphatic heterocycles. The number of hydrogen-bond donors (Lipinski definition) is 1. The Bertz CT molecular complexity index is 469. The molecule has 1 N–H and O–H groups in total. The van der Waals surface area contributed by atoms with Crippen molar-refractivity contribution in [3.05, 3.63) is 48.0 Å². The topological polar surface area (TPSA) is 52.0 Å². The van der Waals surface area contributed by atoms with Crippen LogP contribution in [0.1, 0.15) is 17.8 Å². The van der Waals surface area contributed by atoms with Crippen LogP contribution in [0.15, 0.2) is 36.7 Å². The molecular weight excluding hydrogens is 240 g/mol. The van der Waals surface area contributed by atoms with Crippen LogP contribution >= 0.6 is 0 Å². The van der Waals surface area contributed by atoms with E-state index in [4.69, 9.17) is 4.74 Å². The van der Waals surface area contributed by atoms with Crippen molar-refractivity contribution in [1.29, 1.82) is 0 Å². The number of aryl methyl sites for hydroxylation is 1. The summed E-state index contributed by atoms with van der Waals surface area (Å²) >= 11 is 0. The molecule has 0 aliphatic rings. The number of hydrogen-bond acceptors (Lipinski definition) is 4. The molecule has 5 heteroatoms. The van der Waals surface area contributed by atoms with Gasteiger partial charge in [-0.15, -0.1) is 10.2 Å². The Morgan fingerprint density at radius 3 is 2.84 bits per heavy atom. The van der Waals surface area contributed by atoms with Crippen molar-refractivity contribution in [2.75, 3.05) is 13.2 Å². The third kappa shape index (κ3) is 4.81. The van der Waals surface area contributed by atoms with Crippen LogP contribution in [-0.4, -0.2) is 27.9 Å². The quantitative estimate of drug-likeness (QED) is 0.731. The van der Waals surface area contributed by atoms with Crippen LogP contribution in [0.5, 0.6) is 0 Å². The standard InChI is InChI=1S/C14H20N4O/c1-18-12-16-17-14(18)11-19-9-5-8-15-10-13-6-3-2-4-7-13/h2-4,6-7,12,15H,5,8-11H2,1H3. The van der Waals surface area contributed by atoms with E-state index in [-0.39, 0.29) is 0 Å². The highest BCUT2D eigenvalue weighted by atomic mass is 16.5. The molecule has 0 atom stereocenters. The molecule has 1 heterocycles. The van der Waals surface area contributed by atoms with Crippen LogP contribution in [0.25, 0.3) is 0 Å². The van der Waals surface area contributed by atoms with Crippen LogP contribution in [-0.2, 0) is 24.9 Å². The van der Waals surface area contributed by atoms with Gasteiger partial charge in [0.05, 0.1) is 0 Å². The van der Waals surface area contributed by atoms with E-state index in [1.54, 1.807) is 6.33 Å². The lowest BCUT2D eigenvalue weighted by atomic mass is 10.2. The second kappa shape index (κ2) is 7.66. The first kappa shape index (κ1) is 13.7. The molecular formula is C14H20N4O. The summed E-state index contributed by atoms with van der Waals surface area (Å²) in [6.07, 6.45) is 2.67. The van der Waals surface area contributed by atoms with Crippen molar-refractivity contribution in [3.63, 3.8) is 0 Å². The van der Waals surface area contributed by atoms with Crippen LogP contribution in [0.3, 0.4) is 0 Å². The molecule has 0 unspecified atom stereocenters. The maximum atomic E-state index is 5.55. The normalized spacial score (nSPS) is 10.8. The Kier molecular flexibility index (Phi) is 5.52. The molecule has 19 heavy (non-hydrogen) atoms. The zero-order valence-corrected chi connectivity index (χ0v) is 11.2. The third-order valence-corrected chi connectivity index (χ3v) is 2.85. The van der Waals surface area contributed by atoms with Gasteiger partial charge in [0.1, 0.15) is 12.9 Å². The van der Waals surface area contributed by atoms with E-state index in [2.05, 4.69) is 39.8 Å². The second-order valence-electron chi connectivity index (χ2n) is 4.43. The average molecular weight is 260 g/mol. The van der Waals surface area contributed by atoms with Crippen molar-refractivity contribution >= 4 is 0 Å². The summed E-state index contributed by atoms with van der Waals surface area (Å²) in [5, 5.41) is 11.2. The summed E-state index contributed by atoms with van der Waals surface area (Å²) in [5.74, 6) is 0.859. The van der Waals surface area contributed by atoms with Crippen molar-refractivity contribution in [2.24, 2.45) is 7.05 Å². The Morgan fingerprint density at radius 1 is 1.26 bits per heavy atom. The fourth-order valence-corrected chi connectivity index (χ4v) is 1.73. The van der Waals surface area contributed by atoms with Crippen molar-refractivity contribution in [3.8, 4) is 0 Å². The minimum atomic E-state index is 0.523. The predicted molar refractivity (Wildman–Crippen MR) is 73.4 cm³/mol. The first-order valence-electron chi connectivity index (χ1n) is 6.51. The lowest BCUT2D eigenvalue weighted by Gasteiger charge is -2.06. The van der Waals surface area contributed by atoms with Gasteiger partial charge in [0.2, 0.25) is 0 Å². The lowest BCUT2D eigenvalue weighted by Crippen LogP contribution is -2.16. The van der Waals surface area contributed by atoms with Gasteiger partial charge in [0.15, 0.2) is 5.82 Å². The second-order valence-corrected chi connectivity index (χ2v) is 4.43. The molecule has 0 amide bonds. The summed E-state index contributed by atoms with van der Waals surface area (Å²) in [7, 11) is 1.92. The molecule has 0 fully saturated rings. The maximum Gasteiger partial charge on any atom is 0.158 e. The number of aromatic nitrogens is 3. The molecule has 0 radical (unpaired) electrons. The molecule has 5 nitrogen and oxygen atoms in total. The van der Waals surface area contributed by atoms with Gasteiger partial charge in [0.25, 0.3) is 0 Å². The monoisotopic (exact) mass is 260 g/mol. The SMILES string of the molecule is Cn1cnnc1COCCCNCc1ccccc1. The fraction of sp³-hybridized carbons (Fsp3) is 0.429. The first-order valence-corrected chi connectivity index (χ1v) is 6.51. The Morgan fingerprint density at radius 2 is 2.11 bits per heavy atom. The minimum Gasteiger partial charge on any atom is -0.373 e. The number of ether oxygens (including phenoxy) is 1. The molecule has 0 saturated heterocycles.